The Morgan fingerprint density at radius 2 is 1.90 bits per heavy atom. The molecule has 150 valence electrons. The Labute approximate surface area is 174 Å². The lowest BCUT2D eigenvalue weighted by Crippen LogP contribution is -2.27. The van der Waals surface area contributed by atoms with Gasteiger partial charge >= 0.3 is 0 Å². The van der Waals surface area contributed by atoms with Gasteiger partial charge in [0.25, 0.3) is 0 Å². The Kier molecular flexibility index (Phi) is 6.14. The van der Waals surface area contributed by atoms with Crippen molar-refractivity contribution in [2.45, 2.75) is 37.0 Å². The van der Waals surface area contributed by atoms with Gasteiger partial charge < -0.3 is 14.6 Å². The molecule has 0 atom stereocenters. The van der Waals surface area contributed by atoms with E-state index in [2.05, 4.69) is 32.2 Å². The smallest absolute Gasteiger partial charge is 0.230 e. The third-order valence-corrected chi connectivity index (χ3v) is 5.77. The van der Waals surface area contributed by atoms with Gasteiger partial charge in [-0.2, -0.15) is 0 Å². The number of nitrogens with zero attached hydrogens (tertiary/aromatic N) is 3. The molecule has 0 radical (unpaired) electrons. The first-order valence-electron chi connectivity index (χ1n) is 9.77. The van der Waals surface area contributed by atoms with Crippen LogP contribution in [0.1, 0.15) is 18.4 Å². The summed E-state index contributed by atoms with van der Waals surface area (Å²) in [6, 6.07) is 18.5. The van der Waals surface area contributed by atoms with Gasteiger partial charge in [-0.3, -0.25) is 4.79 Å². The number of carbonyl (C=O) groups is 1. The molecule has 1 fully saturated rings. The van der Waals surface area contributed by atoms with Crippen molar-refractivity contribution in [2.75, 3.05) is 12.9 Å². The summed E-state index contributed by atoms with van der Waals surface area (Å²) in [7, 11) is 1.65. The van der Waals surface area contributed by atoms with Gasteiger partial charge in [0, 0.05) is 12.6 Å². The van der Waals surface area contributed by atoms with E-state index in [4.69, 9.17) is 4.74 Å². The van der Waals surface area contributed by atoms with Crippen LogP contribution in [-0.2, 0) is 17.8 Å². The Hall–Kier alpha value is -2.80. The maximum Gasteiger partial charge on any atom is 0.230 e. The van der Waals surface area contributed by atoms with Crippen LogP contribution in [-0.4, -0.2) is 39.6 Å². The number of nitrogens with one attached hydrogen (secondary N) is 1. The minimum absolute atomic E-state index is 0.0500. The zero-order valence-corrected chi connectivity index (χ0v) is 17.2. The first-order valence-corrected chi connectivity index (χ1v) is 10.8. The lowest BCUT2D eigenvalue weighted by atomic mass is 10.1. The highest BCUT2D eigenvalue weighted by Crippen LogP contribution is 2.31. The van der Waals surface area contributed by atoms with E-state index < -0.39 is 0 Å². The predicted octanol–water partition coefficient (Wildman–Crippen LogP) is 3.57. The van der Waals surface area contributed by atoms with Gasteiger partial charge in [-0.25, -0.2) is 0 Å². The number of hydrogen-bond donors (Lipinski definition) is 1. The number of benzene rings is 2. The largest absolute Gasteiger partial charge is 0.496 e. The summed E-state index contributed by atoms with van der Waals surface area (Å²) in [5.41, 5.74) is 2.14. The zero-order valence-electron chi connectivity index (χ0n) is 16.4. The second-order valence-electron chi connectivity index (χ2n) is 7.02. The Morgan fingerprint density at radius 3 is 2.66 bits per heavy atom. The topological polar surface area (TPSA) is 69.0 Å². The molecule has 1 aromatic heterocycles. The van der Waals surface area contributed by atoms with Crippen LogP contribution < -0.4 is 10.1 Å². The van der Waals surface area contributed by atoms with Gasteiger partial charge in [-0.15, -0.1) is 10.2 Å². The van der Waals surface area contributed by atoms with Crippen LogP contribution >= 0.6 is 11.8 Å². The Morgan fingerprint density at radius 1 is 1.14 bits per heavy atom. The van der Waals surface area contributed by atoms with E-state index in [-0.39, 0.29) is 5.91 Å². The summed E-state index contributed by atoms with van der Waals surface area (Å²) in [6.07, 6.45) is 3.02. The van der Waals surface area contributed by atoms with Crippen molar-refractivity contribution >= 4 is 17.7 Å². The lowest BCUT2D eigenvalue weighted by molar-refractivity contribution is -0.118. The molecule has 1 amide bonds. The maximum atomic E-state index is 12.1. The van der Waals surface area contributed by atoms with E-state index in [0.717, 1.165) is 48.1 Å². The van der Waals surface area contributed by atoms with Gasteiger partial charge in [0.05, 0.1) is 18.4 Å². The summed E-state index contributed by atoms with van der Waals surface area (Å²) >= 11 is 1.43. The summed E-state index contributed by atoms with van der Waals surface area (Å²) in [5, 5.41) is 12.6. The number of carbonyl (C=O) groups excluding carboxylic acids is 1. The maximum absolute atomic E-state index is 12.1. The van der Waals surface area contributed by atoms with Crippen LogP contribution in [0.3, 0.4) is 0 Å². The lowest BCUT2D eigenvalue weighted by Gasteiger charge is -2.12. The summed E-state index contributed by atoms with van der Waals surface area (Å²) in [6.45, 7) is 0.719. The SMILES string of the molecule is COc1ccccc1-c1nnc(SCC(=O)NC2CC2)n1CCc1ccccc1. The van der Waals surface area contributed by atoms with E-state index in [1.165, 1.54) is 17.3 Å². The molecule has 1 aliphatic rings. The van der Waals surface area contributed by atoms with Crippen LogP contribution in [0, 0.1) is 0 Å². The van der Waals surface area contributed by atoms with Crippen LogP contribution in [0.5, 0.6) is 5.75 Å². The second-order valence-corrected chi connectivity index (χ2v) is 7.97. The molecule has 1 aliphatic carbocycles. The molecule has 0 spiro atoms. The van der Waals surface area contributed by atoms with E-state index in [1.807, 2.05) is 42.5 Å². The van der Waals surface area contributed by atoms with Crippen molar-refractivity contribution in [3.05, 3.63) is 60.2 Å². The van der Waals surface area contributed by atoms with Gasteiger partial charge in [0.1, 0.15) is 5.75 Å². The summed E-state index contributed by atoms with van der Waals surface area (Å²) in [4.78, 5) is 12.1. The molecule has 7 heteroatoms. The first-order chi connectivity index (χ1) is 14.2. The quantitative estimate of drug-likeness (QED) is 0.548. The van der Waals surface area contributed by atoms with Gasteiger partial charge in [-0.05, 0) is 37.0 Å². The van der Waals surface area contributed by atoms with Crippen molar-refractivity contribution in [1.29, 1.82) is 0 Å². The summed E-state index contributed by atoms with van der Waals surface area (Å²) in [5.74, 6) is 1.90. The second kappa shape index (κ2) is 9.13. The molecule has 3 aromatic rings. The fourth-order valence-electron chi connectivity index (χ4n) is 3.14. The highest BCUT2D eigenvalue weighted by Gasteiger charge is 2.24. The Balaban J connectivity index is 1.58. The fourth-order valence-corrected chi connectivity index (χ4v) is 3.91. The monoisotopic (exact) mass is 408 g/mol. The Bertz CT molecular complexity index is 970. The van der Waals surface area contributed by atoms with Crippen LogP contribution in [0.25, 0.3) is 11.4 Å². The molecule has 0 unspecified atom stereocenters. The standard InChI is InChI=1S/C22H24N4O2S/c1-28-19-10-6-5-9-18(19)21-24-25-22(29-15-20(27)23-17-11-12-17)26(21)14-13-16-7-3-2-4-8-16/h2-10,17H,11-15H2,1H3,(H,23,27). The van der Waals surface area contributed by atoms with Gasteiger partial charge in [0.2, 0.25) is 5.91 Å². The highest BCUT2D eigenvalue weighted by molar-refractivity contribution is 7.99. The highest BCUT2D eigenvalue weighted by atomic mass is 32.2. The minimum atomic E-state index is 0.0500. The molecule has 6 nitrogen and oxygen atoms in total. The third-order valence-electron chi connectivity index (χ3n) is 4.81. The molecular formula is C22H24N4O2S. The van der Waals surface area contributed by atoms with Crippen molar-refractivity contribution in [3.63, 3.8) is 0 Å². The number of thioether (sulfide) groups is 1. The molecule has 2 aromatic carbocycles. The van der Waals surface area contributed by atoms with Crippen LogP contribution in [0.15, 0.2) is 59.8 Å². The zero-order chi connectivity index (χ0) is 20.1. The van der Waals surface area contributed by atoms with Crippen molar-refractivity contribution < 1.29 is 9.53 Å². The molecule has 0 bridgehead atoms. The number of ether oxygens (including phenoxy) is 1. The van der Waals surface area contributed by atoms with E-state index in [9.17, 15) is 4.79 Å². The number of hydrogen-bond acceptors (Lipinski definition) is 5. The molecular weight excluding hydrogens is 384 g/mol. The van der Waals surface area contributed by atoms with Gasteiger partial charge in [-0.1, -0.05) is 54.2 Å². The van der Waals surface area contributed by atoms with E-state index in [1.54, 1.807) is 7.11 Å². The van der Waals surface area contributed by atoms with E-state index >= 15 is 0 Å². The van der Waals surface area contributed by atoms with E-state index in [0.29, 0.717) is 11.8 Å². The number of aromatic nitrogens is 3. The van der Waals surface area contributed by atoms with Gasteiger partial charge in [0.15, 0.2) is 11.0 Å². The van der Waals surface area contributed by atoms with Crippen LogP contribution in [0.2, 0.25) is 0 Å². The summed E-state index contributed by atoms with van der Waals surface area (Å²) < 4.78 is 7.61. The number of methoxy groups -OCH3 is 1. The van der Waals surface area contributed by atoms with Crippen molar-refractivity contribution in [3.8, 4) is 17.1 Å². The molecule has 1 N–H and O–H groups in total. The molecule has 1 saturated carbocycles. The molecule has 1 heterocycles. The minimum Gasteiger partial charge on any atom is -0.496 e. The first kappa shape index (κ1) is 19.5. The molecule has 0 aliphatic heterocycles. The van der Waals surface area contributed by atoms with Crippen LogP contribution in [0.4, 0.5) is 0 Å². The fraction of sp³-hybridized carbons (Fsp3) is 0.318. The molecule has 29 heavy (non-hydrogen) atoms. The third kappa shape index (κ3) is 4.98. The normalized spacial score (nSPS) is 13.3. The number of amides is 1. The van der Waals surface area contributed by atoms with Crippen molar-refractivity contribution in [2.24, 2.45) is 0 Å². The predicted molar refractivity (Wildman–Crippen MR) is 114 cm³/mol. The number of para-hydroxylation sites is 1. The molecule has 4 rings (SSSR count). The molecule has 0 saturated heterocycles. The number of rotatable bonds is 9. The van der Waals surface area contributed by atoms with Crippen molar-refractivity contribution in [1.82, 2.24) is 20.1 Å². The average Bonchev–Trinajstić information content (AvgIpc) is 3.48. The number of aryl methyl sites for hydroxylation is 1. The average molecular weight is 409 g/mol.